The molecule has 4 heteroatoms. The van der Waals surface area contributed by atoms with Crippen molar-refractivity contribution in [1.29, 1.82) is 0 Å². The highest BCUT2D eigenvalue weighted by atomic mass is 16.5. The van der Waals surface area contributed by atoms with Crippen LogP contribution >= 0.6 is 0 Å². The molecule has 28 heavy (non-hydrogen) atoms. The molecular weight excluding hydrogens is 352 g/mol. The standard InChI is InChI=1S/C24H30O4/c1-14-11-20-18-6-5-16-12-17(26)7-9-23(16,3)19(18)8-10-24(20,4)22(14)21(27)13-28-15(2)25/h7-9,12,14,18,20,22H,5-6,10-11,13H2,1-4H3/t14-,18?,20?,22-,23+,24+/m1/s1. The molecule has 4 aliphatic rings. The smallest absolute Gasteiger partial charge is 0.303 e. The monoisotopic (exact) mass is 382 g/mol. The van der Waals surface area contributed by atoms with E-state index in [1.54, 1.807) is 6.08 Å². The number of esters is 1. The summed E-state index contributed by atoms with van der Waals surface area (Å²) in [5.41, 5.74) is 2.44. The van der Waals surface area contributed by atoms with Crippen LogP contribution in [0, 0.1) is 34.5 Å². The molecule has 0 spiro atoms. The summed E-state index contributed by atoms with van der Waals surface area (Å²) in [6, 6.07) is 0. The Hall–Kier alpha value is -1.97. The largest absolute Gasteiger partial charge is 0.458 e. The topological polar surface area (TPSA) is 60.4 Å². The lowest BCUT2D eigenvalue weighted by Crippen LogP contribution is -2.45. The lowest BCUT2D eigenvalue weighted by molar-refractivity contribution is -0.148. The first-order chi connectivity index (χ1) is 13.2. The zero-order valence-electron chi connectivity index (χ0n) is 17.3. The predicted octanol–water partition coefficient (Wildman–Crippen LogP) is 4.21. The van der Waals surface area contributed by atoms with Gasteiger partial charge in [0.1, 0.15) is 6.61 Å². The second kappa shape index (κ2) is 6.53. The van der Waals surface area contributed by atoms with E-state index < -0.39 is 5.97 Å². The van der Waals surface area contributed by atoms with E-state index in [1.807, 2.05) is 6.08 Å². The Morgan fingerprint density at radius 2 is 2.04 bits per heavy atom. The third kappa shape index (κ3) is 2.75. The zero-order valence-corrected chi connectivity index (χ0v) is 17.3. The molecule has 0 aromatic rings. The summed E-state index contributed by atoms with van der Waals surface area (Å²) in [6.45, 7) is 7.92. The van der Waals surface area contributed by atoms with Crippen molar-refractivity contribution in [3.63, 3.8) is 0 Å². The van der Waals surface area contributed by atoms with Gasteiger partial charge >= 0.3 is 5.97 Å². The van der Waals surface area contributed by atoms with E-state index in [4.69, 9.17) is 4.74 Å². The fourth-order valence-electron chi connectivity index (χ4n) is 6.84. The Balaban J connectivity index is 1.66. The number of ketones is 2. The van der Waals surface area contributed by atoms with Gasteiger partial charge in [-0.05, 0) is 67.9 Å². The van der Waals surface area contributed by atoms with Crippen LogP contribution in [0.2, 0.25) is 0 Å². The third-order valence-corrected chi connectivity index (χ3v) is 8.05. The molecule has 0 bridgehead atoms. The third-order valence-electron chi connectivity index (χ3n) is 8.05. The highest BCUT2D eigenvalue weighted by Gasteiger charge is 2.59. The van der Waals surface area contributed by atoms with Gasteiger partial charge in [-0.25, -0.2) is 0 Å². The zero-order chi connectivity index (χ0) is 20.3. The molecule has 0 saturated heterocycles. The van der Waals surface area contributed by atoms with Crippen LogP contribution in [-0.2, 0) is 19.1 Å². The Morgan fingerprint density at radius 1 is 1.29 bits per heavy atom. The maximum absolute atomic E-state index is 13.0. The molecule has 2 unspecified atom stereocenters. The molecule has 150 valence electrons. The minimum atomic E-state index is -0.398. The van der Waals surface area contributed by atoms with E-state index in [9.17, 15) is 14.4 Å². The molecule has 2 saturated carbocycles. The molecule has 2 fully saturated rings. The lowest BCUT2D eigenvalue weighted by Gasteiger charge is -2.52. The molecule has 0 amide bonds. The van der Waals surface area contributed by atoms with Crippen molar-refractivity contribution in [1.82, 2.24) is 0 Å². The van der Waals surface area contributed by atoms with Gasteiger partial charge in [0.25, 0.3) is 0 Å². The fourth-order valence-corrected chi connectivity index (χ4v) is 6.84. The van der Waals surface area contributed by atoms with E-state index in [0.29, 0.717) is 17.8 Å². The molecule has 0 heterocycles. The van der Waals surface area contributed by atoms with Gasteiger partial charge in [-0.1, -0.05) is 37.1 Å². The van der Waals surface area contributed by atoms with Crippen LogP contribution in [0.5, 0.6) is 0 Å². The summed E-state index contributed by atoms with van der Waals surface area (Å²) >= 11 is 0. The summed E-state index contributed by atoms with van der Waals surface area (Å²) in [5, 5.41) is 0. The number of carbonyl (C=O) groups is 3. The van der Waals surface area contributed by atoms with Crippen LogP contribution in [0.4, 0.5) is 0 Å². The number of hydrogen-bond acceptors (Lipinski definition) is 4. The predicted molar refractivity (Wildman–Crippen MR) is 106 cm³/mol. The van der Waals surface area contributed by atoms with E-state index in [-0.39, 0.29) is 34.9 Å². The average molecular weight is 383 g/mol. The molecule has 0 N–H and O–H groups in total. The number of ether oxygens (including phenoxy) is 1. The highest BCUT2D eigenvalue weighted by Crippen LogP contribution is 2.65. The molecule has 0 aromatic carbocycles. The molecule has 6 atom stereocenters. The van der Waals surface area contributed by atoms with Crippen LogP contribution in [0.1, 0.15) is 53.4 Å². The summed E-state index contributed by atoms with van der Waals surface area (Å²) < 4.78 is 5.04. The Kier molecular flexibility index (Phi) is 4.52. The van der Waals surface area contributed by atoms with Gasteiger partial charge in [-0.3, -0.25) is 14.4 Å². The van der Waals surface area contributed by atoms with Crippen LogP contribution in [0.25, 0.3) is 0 Å². The van der Waals surface area contributed by atoms with E-state index in [0.717, 1.165) is 25.7 Å². The molecular formula is C24H30O4. The number of hydrogen-bond donors (Lipinski definition) is 0. The Bertz CT molecular complexity index is 832. The summed E-state index contributed by atoms with van der Waals surface area (Å²) in [6.07, 6.45) is 11.9. The molecule has 0 aliphatic heterocycles. The quantitative estimate of drug-likeness (QED) is 0.542. The normalized spacial score (nSPS) is 41.4. The van der Waals surface area contributed by atoms with Crippen LogP contribution in [0.3, 0.4) is 0 Å². The maximum atomic E-state index is 13.0. The highest BCUT2D eigenvalue weighted by molar-refractivity contribution is 6.01. The second-order valence-electron chi connectivity index (χ2n) is 9.67. The molecule has 0 aromatic heterocycles. The van der Waals surface area contributed by atoms with Crippen LogP contribution in [0.15, 0.2) is 35.5 Å². The first-order valence-corrected chi connectivity index (χ1v) is 10.5. The first-order valence-electron chi connectivity index (χ1n) is 10.5. The second-order valence-corrected chi connectivity index (χ2v) is 9.67. The summed E-state index contributed by atoms with van der Waals surface area (Å²) in [4.78, 5) is 36.0. The minimum Gasteiger partial charge on any atom is -0.458 e. The number of allylic oxidation sites excluding steroid dienone is 6. The van der Waals surface area contributed by atoms with Gasteiger partial charge in [-0.2, -0.15) is 0 Å². The van der Waals surface area contributed by atoms with Crippen LogP contribution in [-0.4, -0.2) is 24.1 Å². The first kappa shape index (κ1) is 19.4. The minimum absolute atomic E-state index is 0.0651. The molecule has 4 rings (SSSR count). The van der Waals surface area contributed by atoms with Gasteiger partial charge in [0.2, 0.25) is 0 Å². The van der Waals surface area contributed by atoms with E-state index >= 15 is 0 Å². The van der Waals surface area contributed by atoms with E-state index in [1.165, 1.54) is 18.1 Å². The van der Waals surface area contributed by atoms with E-state index in [2.05, 4.69) is 32.9 Å². The van der Waals surface area contributed by atoms with Crippen molar-refractivity contribution in [2.75, 3.05) is 6.61 Å². The van der Waals surface area contributed by atoms with Crippen molar-refractivity contribution in [3.05, 3.63) is 35.5 Å². The van der Waals surface area contributed by atoms with Gasteiger partial charge < -0.3 is 4.74 Å². The number of carbonyl (C=O) groups excluding carboxylic acids is 3. The molecule has 4 nitrogen and oxygen atoms in total. The SMILES string of the molecule is CC(=O)OCC(=O)[C@H]1[C@H](C)CC2C3CCC4=CC(=O)C=C[C@]4(C)C3=CC[C@@]21C. The van der Waals surface area contributed by atoms with Gasteiger partial charge in [-0.15, -0.1) is 0 Å². The van der Waals surface area contributed by atoms with Gasteiger partial charge in [0.15, 0.2) is 11.6 Å². The summed E-state index contributed by atoms with van der Waals surface area (Å²) in [5.74, 6) is 0.894. The number of rotatable bonds is 3. The maximum Gasteiger partial charge on any atom is 0.303 e. The van der Waals surface area contributed by atoms with Crippen molar-refractivity contribution in [3.8, 4) is 0 Å². The van der Waals surface area contributed by atoms with Crippen molar-refractivity contribution < 1.29 is 19.1 Å². The van der Waals surface area contributed by atoms with Crippen LogP contribution < -0.4 is 0 Å². The Labute approximate surface area is 167 Å². The average Bonchev–Trinajstić information content (AvgIpc) is 2.90. The lowest BCUT2D eigenvalue weighted by atomic mass is 9.52. The van der Waals surface area contributed by atoms with Crippen molar-refractivity contribution >= 4 is 17.5 Å². The van der Waals surface area contributed by atoms with Gasteiger partial charge in [0.05, 0.1) is 0 Å². The Morgan fingerprint density at radius 3 is 2.75 bits per heavy atom. The number of fused-ring (bicyclic) bond motifs is 5. The van der Waals surface area contributed by atoms with Crippen molar-refractivity contribution in [2.24, 2.45) is 34.5 Å². The number of Topliss-reactive ketones (excluding diaryl/α,β-unsaturated/α-hetero) is 1. The van der Waals surface area contributed by atoms with Crippen molar-refractivity contribution in [2.45, 2.75) is 53.4 Å². The molecule has 4 aliphatic carbocycles. The van der Waals surface area contributed by atoms with Gasteiger partial charge in [0, 0.05) is 18.3 Å². The molecule has 0 radical (unpaired) electrons. The fraction of sp³-hybridized carbons (Fsp3) is 0.625. The summed E-state index contributed by atoms with van der Waals surface area (Å²) in [7, 11) is 0.